The standard InChI is InChI=1S/C13H14N4OS/c18-13(12-8-16-17-19-12)15-7-11-10-4-2-1-3-9(10)5-6-14-11/h1-4,8,11,14H,5-7H2,(H,15,18). The second kappa shape index (κ2) is 5.46. The molecule has 2 aromatic rings. The zero-order valence-electron chi connectivity index (χ0n) is 10.3. The molecule has 0 radical (unpaired) electrons. The SMILES string of the molecule is O=C(NCC1NCCc2ccccc21)c1cnns1. The Morgan fingerprint density at radius 3 is 3.21 bits per heavy atom. The fourth-order valence-corrected chi connectivity index (χ4v) is 2.76. The number of fused-ring (bicyclic) bond motifs is 1. The highest BCUT2D eigenvalue weighted by molar-refractivity contribution is 7.07. The van der Waals surface area contributed by atoms with Gasteiger partial charge < -0.3 is 10.6 Å². The van der Waals surface area contributed by atoms with Crippen molar-refractivity contribution in [2.75, 3.05) is 13.1 Å². The Bertz CT molecular complexity index is 570. The molecule has 1 atom stereocenters. The number of benzene rings is 1. The van der Waals surface area contributed by atoms with Gasteiger partial charge in [0, 0.05) is 12.6 Å². The lowest BCUT2D eigenvalue weighted by Gasteiger charge is -2.27. The summed E-state index contributed by atoms with van der Waals surface area (Å²) in [5.41, 5.74) is 2.64. The van der Waals surface area contributed by atoms with Crippen LogP contribution in [0, 0.1) is 0 Å². The van der Waals surface area contributed by atoms with Crippen molar-refractivity contribution in [2.24, 2.45) is 0 Å². The van der Waals surface area contributed by atoms with E-state index in [2.05, 4.69) is 38.4 Å². The summed E-state index contributed by atoms with van der Waals surface area (Å²) < 4.78 is 3.69. The summed E-state index contributed by atoms with van der Waals surface area (Å²) in [5.74, 6) is -0.111. The van der Waals surface area contributed by atoms with Crippen LogP contribution in [0.15, 0.2) is 30.5 Å². The molecule has 0 fully saturated rings. The van der Waals surface area contributed by atoms with Gasteiger partial charge in [-0.15, -0.1) is 5.10 Å². The van der Waals surface area contributed by atoms with Gasteiger partial charge in [0.25, 0.3) is 5.91 Å². The van der Waals surface area contributed by atoms with Crippen LogP contribution in [0.1, 0.15) is 26.8 Å². The molecule has 1 unspecified atom stereocenters. The largest absolute Gasteiger partial charge is 0.349 e. The lowest BCUT2D eigenvalue weighted by Crippen LogP contribution is -2.38. The van der Waals surface area contributed by atoms with E-state index >= 15 is 0 Å². The van der Waals surface area contributed by atoms with E-state index < -0.39 is 0 Å². The van der Waals surface area contributed by atoms with Gasteiger partial charge in [-0.25, -0.2) is 0 Å². The average Bonchev–Trinajstić information content (AvgIpc) is 2.99. The fraction of sp³-hybridized carbons (Fsp3) is 0.308. The molecule has 0 saturated carbocycles. The Hall–Kier alpha value is -1.79. The van der Waals surface area contributed by atoms with Crippen molar-refractivity contribution >= 4 is 17.4 Å². The summed E-state index contributed by atoms with van der Waals surface area (Å²) in [6, 6.07) is 8.54. The first-order valence-corrected chi connectivity index (χ1v) is 6.98. The Balaban J connectivity index is 1.67. The van der Waals surface area contributed by atoms with E-state index in [1.807, 2.05) is 6.07 Å². The zero-order chi connectivity index (χ0) is 13.1. The molecule has 1 aromatic carbocycles. The van der Waals surface area contributed by atoms with Gasteiger partial charge in [-0.2, -0.15) is 0 Å². The maximum absolute atomic E-state index is 11.9. The molecule has 98 valence electrons. The zero-order valence-corrected chi connectivity index (χ0v) is 11.1. The van der Waals surface area contributed by atoms with Gasteiger partial charge in [0.05, 0.1) is 6.20 Å². The lowest BCUT2D eigenvalue weighted by atomic mass is 9.94. The monoisotopic (exact) mass is 274 g/mol. The number of aromatic nitrogens is 2. The molecule has 1 aromatic heterocycles. The minimum atomic E-state index is -0.111. The molecule has 0 aliphatic carbocycles. The van der Waals surface area contributed by atoms with Crippen LogP contribution >= 0.6 is 11.5 Å². The van der Waals surface area contributed by atoms with Gasteiger partial charge in [-0.3, -0.25) is 4.79 Å². The molecule has 1 aliphatic rings. The highest BCUT2D eigenvalue weighted by Crippen LogP contribution is 2.21. The number of carbonyl (C=O) groups excluding carboxylic acids is 1. The summed E-state index contributed by atoms with van der Waals surface area (Å²) in [7, 11) is 0. The van der Waals surface area contributed by atoms with Crippen molar-refractivity contribution < 1.29 is 4.79 Å². The fourth-order valence-electron chi connectivity index (χ4n) is 2.32. The second-order valence-electron chi connectivity index (χ2n) is 4.45. The minimum absolute atomic E-state index is 0.111. The second-order valence-corrected chi connectivity index (χ2v) is 5.23. The molecule has 2 heterocycles. The third-order valence-electron chi connectivity index (χ3n) is 3.27. The van der Waals surface area contributed by atoms with Crippen LogP contribution in [0.4, 0.5) is 0 Å². The van der Waals surface area contributed by atoms with Gasteiger partial charge in [0.2, 0.25) is 0 Å². The number of rotatable bonds is 3. The van der Waals surface area contributed by atoms with Gasteiger partial charge in [-0.05, 0) is 35.6 Å². The summed E-state index contributed by atoms with van der Waals surface area (Å²) in [6.07, 6.45) is 2.53. The van der Waals surface area contributed by atoms with Crippen LogP contribution in [0.2, 0.25) is 0 Å². The van der Waals surface area contributed by atoms with Crippen LogP contribution in [0.5, 0.6) is 0 Å². The number of amides is 1. The molecule has 3 rings (SSSR count). The van der Waals surface area contributed by atoms with Crippen molar-refractivity contribution in [1.29, 1.82) is 0 Å². The molecule has 0 bridgehead atoms. The predicted octanol–water partition coefficient (Wildman–Crippen LogP) is 1.15. The molecule has 5 nitrogen and oxygen atoms in total. The van der Waals surface area contributed by atoms with Crippen LogP contribution in [-0.4, -0.2) is 28.6 Å². The number of nitrogens with zero attached hydrogens (tertiary/aromatic N) is 2. The minimum Gasteiger partial charge on any atom is -0.349 e. The third kappa shape index (κ3) is 2.64. The highest BCUT2D eigenvalue weighted by atomic mass is 32.1. The number of hydrogen-bond donors (Lipinski definition) is 2. The molecule has 1 amide bonds. The predicted molar refractivity (Wildman–Crippen MR) is 73.1 cm³/mol. The Kier molecular flexibility index (Phi) is 3.52. The van der Waals surface area contributed by atoms with Crippen molar-refractivity contribution in [3.63, 3.8) is 0 Å². The van der Waals surface area contributed by atoms with Crippen LogP contribution < -0.4 is 10.6 Å². The molecule has 1 aliphatic heterocycles. The van der Waals surface area contributed by atoms with Gasteiger partial charge in [0.1, 0.15) is 4.88 Å². The summed E-state index contributed by atoms with van der Waals surface area (Å²) in [4.78, 5) is 12.4. The maximum atomic E-state index is 11.9. The summed E-state index contributed by atoms with van der Waals surface area (Å²) in [6.45, 7) is 1.52. The molecule has 6 heteroatoms. The highest BCUT2D eigenvalue weighted by Gasteiger charge is 2.20. The molecular formula is C13H14N4OS. The molecule has 0 spiro atoms. The van der Waals surface area contributed by atoms with E-state index in [0.29, 0.717) is 11.4 Å². The number of nitrogens with one attached hydrogen (secondary N) is 2. The van der Waals surface area contributed by atoms with Crippen molar-refractivity contribution in [1.82, 2.24) is 20.2 Å². The Labute approximate surface area is 115 Å². The molecular weight excluding hydrogens is 260 g/mol. The molecule has 19 heavy (non-hydrogen) atoms. The van der Waals surface area contributed by atoms with Crippen molar-refractivity contribution in [2.45, 2.75) is 12.5 Å². The first kappa shape index (κ1) is 12.3. The van der Waals surface area contributed by atoms with Gasteiger partial charge in [-0.1, -0.05) is 28.8 Å². The van der Waals surface area contributed by atoms with Crippen LogP contribution in [0.3, 0.4) is 0 Å². The topological polar surface area (TPSA) is 66.9 Å². The van der Waals surface area contributed by atoms with E-state index in [9.17, 15) is 4.79 Å². The van der Waals surface area contributed by atoms with Gasteiger partial charge >= 0.3 is 0 Å². The maximum Gasteiger partial charge on any atom is 0.264 e. The molecule has 0 saturated heterocycles. The van der Waals surface area contributed by atoms with E-state index in [-0.39, 0.29) is 11.9 Å². The quantitative estimate of drug-likeness (QED) is 0.881. The van der Waals surface area contributed by atoms with E-state index in [0.717, 1.165) is 24.5 Å². The summed E-state index contributed by atoms with van der Waals surface area (Å²) >= 11 is 1.11. The normalized spacial score (nSPS) is 17.8. The van der Waals surface area contributed by atoms with Crippen molar-refractivity contribution in [3.05, 3.63) is 46.5 Å². The third-order valence-corrected chi connectivity index (χ3v) is 3.93. The van der Waals surface area contributed by atoms with E-state index in [4.69, 9.17) is 0 Å². The Morgan fingerprint density at radius 1 is 1.47 bits per heavy atom. The van der Waals surface area contributed by atoms with Crippen LogP contribution in [-0.2, 0) is 6.42 Å². The van der Waals surface area contributed by atoms with Crippen LogP contribution in [0.25, 0.3) is 0 Å². The smallest absolute Gasteiger partial charge is 0.264 e. The number of carbonyl (C=O) groups is 1. The average molecular weight is 274 g/mol. The first-order chi connectivity index (χ1) is 9.34. The first-order valence-electron chi connectivity index (χ1n) is 6.21. The lowest BCUT2D eigenvalue weighted by molar-refractivity contribution is 0.0953. The van der Waals surface area contributed by atoms with Gasteiger partial charge in [0.15, 0.2) is 0 Å². The van der Waals surface area contributed by atoms with Crippen molar-refractivity contribution in [3.8, 4) is 0 Å². The van der Waals surface area contributed by atoms with E-state index in [1.165, 1.54) is 17.3 Å². The van der Waals surface area contributed by atoms with E-state index in [1.54, 1.807) is 0 Å². The number of hydrogen-bond acceptors (Lipinski definition) is 5. The molecule has 2 N–H and O–H groups in total. The Morgan fingerprint density at radius 2 is 2.37 bits per heavy atom. The summed E-state index contributed by atoms with van der Waals surface area (Å²) in [5, 5.41) is 10.0.